The summed E-state index contributed by atoms with van der Waals surface area (Å²) in [5.41, 5.74) is -0.844. The molecule has 14 heteroatoms. The van der Waals surface area contributed by atoms with Crippen molar-refractivity contribution in [3.63, 3.8) is 0 Å². The van der Waals surface area contributed by atoms with Gasteiger partial charge in [-0.1, -0.05) is 48.0 Å². The van der Waals surface area contributed by atoms with Crippen molar-refractivity contribution in [2.75, 3.05) is 7.05 Å². The highest BCUT2D eigenvalue weighted by Crippen LogP contribution is 2.23. The van der Waals surface area contributed by atoms with Crippen LogP contribution in [0.15, 0.2) is 0 Å². The Morgan fingerprint density at radius 1 is 0.756 bits per heavy atom. The third-order valence-corrected chi connectivity index (χ3v) is 6.41. The minimum absolute atomic E-state index is 0.283. The molecular weight excluding hydrogens is 544 g/mol. The second kappa shape index (κ2) is 15.8. The molecule has 6 N–H and O–H groups in total. The van der Waals surface area contributed by atoms with Crippen LogP contribution in [0.4, 0.5) is 13.6 Å². The summed E-state index contributed by atoms with van der Waals surface area (Å²) in [5.74, 6) is -9.98. The maximum Gasteiger partial charge on any atom is 0.408 e. The first-order valence-electron chi connectivity index (χ1n) is 13.8. The minimum atomic E-state index is -4.43. The van der Waals surface area contributed by atoms with E-state index < -0.39 is 83.4 Å². The van der Waals surface area contributed by atoms with Gasteiger partial charge in [0.25, 0.3) is 5.91 Å². The molecule has 238 valence electrons. The molecule has 5 amide bonds. The second-order valence-corrected chi connectivity index (χ2v) is 11.9. The number of amides is 5. The first kappa shape index (κ1) is 38.0. The molecule has 0 aromatic heterocycles. The van der Waals surface area contributed by atoms with E-state index in [1.54, 1.807) is 41.5 Å². The van der Waals surface area contributed by atoms with Crippen molar-refractivity contribution < 1.29 is 42.6 Å². The summed E-state index contributed by atoms with van der Waals surface area (Å²) < 4.78 is 35.3. The van der Waals surface area contributed by atoms with Gasteiger partial charge in [0.1, 0.15) is 29.8 Å². The maximum absolute atomic E-state index is 15.1. The van der Waals surface area contributed by atoms with E-state index in [9.17, 15) is 29.1 Å². The highest BCUT2D eigenvalue weighted by molar-refractivity contribution is 5.94. The van der Waals surface area contributed by atoms with Gasteiger partial charge in [0.15, 0.2) is 0 Å². The summed E-state index contributed by atoms with van der Waals surface area (Å²) >= 11 is 0. The third-order valence-electron chi connectivity index (χ3n) is 6.41. The molecule has 12 nitrogen and oxygen atoms in total. The molecule has 0 aliphatic heterocycles. The number of likely N-dealkylation sites (N-methyl/N-ethyl adjacent to an activating group) is 1. The van der Waals surface area contributed by atoms with Crippen LogP contribution in [-0.2, 0) is 23.9 Å². The topological polar surface area (TPSA) is 175 Å². The molecule has 0 aromatic carbocycles. The van der Waals surface area contributed by atoms with Crippen molar-refractivity contribution in [1.82, 2.24) is 26.6 Å². The van der Waals surface area contributed by atoms with E-state index in [1.165, 1.54) is 20.9 Å². The van der Waals surface area contributed by atoms with E-state index in [0.717, 1.165) is 6.92 Å². The number of ether oxygens (including phenoxy) is 1. The molecule has 0 spiro atoms. The minimum Gasteiger partial charge on any atom is -0.444 e. The van der Waals surface area contributed by atoms with E-state index >= 15 is 8.78 Å². The lowest BCUT2D eigenvalue weighted by Crippen LogP contribution is -2.62. The van der Waals surface area contributed by atoms with E-state index in [0.29, 0.717) is 6.42 Å². The molecule has 0 rings (SSSR count). The number of aliphatic hydroxyl groups is 1. The van der Waals surface area contributed by atoms with E-state index in [2.05, 4.69) is 21.3 Å². The number of alkyl halides is 2. The van der Waals surface area contributed by atoms with Gasteiger partial charge in [-0.15, -0.1) is 0 Å². The van der Waals surface area contributed by atoms with Gasteiger partial charge >= 0.3 is 12.0 Å². The Hall–Kier alpha value is -3.03. The van der Waals surface area contributed by atoms with Gasteiger partial charge in [-0.05, 0) is 45.4 Å². The van der Waals surface area contributed by atoms with Crippen molar-refractivity contribution in [2.45, 2.75) is 117 Å². The van der Waals surface area contributed by atoms with Crippen LogP contribution >= 0.6 is 0 Å². The van der Waals surface area contributed by atoms with Crippen LogP contribution in [0.1, 0.15) is 75.7 Å². The first-order valence-corrected chi connectivity index (χ1v) is 13.8. The Kier molecular flexibility index (Phi) is 14.7. The number of carbonyl (C=O) groups is 5. The van der Waals surface area contributed by atoms with Crippen LogP contribution in [0.3, 0.4) is 0 Å². The van der Waals surface area contributed by atoms with Crippen molar-refractivity contribution in [1.29, 1.82) is 0 Å². The molecule has 0 aliphatic rings. The molecule has 0 heterocycles. The number of alkyl carbamates (subject to hydrolysis) is 1. The zero-order chi connectivity index (χ0) is 32.5. The molecule has 0 fully saturated rings. The van der Waals surface area contributed by atoms with Gasteiger partial charge in [0.05, 0.1) is 6.04 Å². The molecule has 0 radical (unpaired) electrons. The van der Waals surface area contributed by atoms with Crippen molar-refractivity contribution in [2.24, 2.45) is 17.8 Å². The van der Waals surface area contributed by atoms with Crippen LogP contribution in [0.5, 0.6) is 0 Å². The summed E-state index contributed by atoms with van der Waals surface area (Å²) in [4.78, 5) is 62.8. The lowest BCUT2D eigenvalue weighted by atomic mass is 9.96. The Bertz CT molecular complexity index is 924. The Labute approximate surface area is 241 Å². The predicted molar refractivity (Wildman–Crippen MR) is 149 cm³/mol. The molecule has 41 heavy (non-hydrogen) atoms. The van der Waals surface area contributed by atoms with Gasteiger partial charge in [0.2, 0.25) is 17.7 Å². The number of halogens is 2. The highest BCUT2D eigenvalue weighted by atomic mass is 19.3. The predicted octanol–water partition coefficient (Wildman–Crippen LogP) is 1.45. The SMILES string of the molecule is CC[C@H](C)[C@H](NC(=O)[C@@H](NC(=O)C(F)(F)[C@H](O)[C@H](C)NC(=O)[C@@H](NC(=O)OC(C)(C)C)C(C)C)C(C)C)C(=O)NC. The van der Waals surface area contributed by atoms with Gasteiger partial charge < -0.3 is 36.4 Å². The fourth-order valence-corrected chi connectivity index (χ4v) is 3.68. The summed E-state index contributed by atoms with van der Waals surface area (Å²) in [6.07, 6.45) is -3.04. The van der Waals surface area contributed by atoms with Crippen molar-refractivity contribution in [3.05, 3.63) is 0 Å². The monoisotopic (exact) mass is 593 g/mol. The van der Waals surface area contributed by atoms with Crippen molar-refractivity contribution in [3.8, 4) is 0 Å². The fourth-order valence-electron chi connectivity index (χ4n) is 3.68. The number of hydrogen-bond donors (Lipinski definition) is 6. The van der Waals surface area contributed by atoms with Gasteiger partial charge in [-0.25, -0.2) is 4.79 Å². The van der Waals surface area contributed by atoms with E-state index in [1.807, 2.05) is 12.2 Å². The zero-order valence-corrected chi connectivity index (χ0v) is 26.0. The van der Waals surface area contributed by atoms with Crippen LogP contribution in [0, 0.1) is 17.8 Å². The van der Waals surface area contributed by atoms with Crippen molar-refractivity contribution >= 4 is 29.7 Å². The first-order chi connectivity index (χ1) is 18.6. The molecule has 0 aromatic rings. The molecule has 0 bridgehead atoms. The fraction of sp³-hybridized carbons (Fsp3) is 0.815. The smallest absolute Gasteiger partial charge is 0.408 e. The lowest BCUT2D eigenvalue weighted by molar-refractivity contribution is -0.168. The summed E-state index contributed by atoms with van der Waals surface area (Å²) in [6, 6.07) is -5.24. The molecular formula is C27H49F2N5O7. The molecule has 0 saturated carbocycles. The Morgan fingerprint density at radius 2 is 1.22 bits per heavy atom. The second-order valence-electron chi connectivity index (χ2n) is 11.9. The lowest BCUT2D eigenvalue weighted by Gasteiger charge is -2.32. The van der Waals surface area contributed by atoms with Crippen LogP contribution in [0.2, 0.25) is 0 Å². The summed E-state index contributed by atoms with van der Waals surface area (Å²) in [7, 11) is 1.39. The molecule has 0 aliphatic carbocycles. The quantitative estimate of drug-likeness (QED) is 0.177. The van der Waals surface area contributed by atoms with Gasteiger partial charge in [0, 0.05) is 7.05 Å². The molecule has 0 unspecified atom stereocenters. The Balaban J connectivity index is 5.63. The van der Waals surface area contributed by atoms with Crippen LogP contribution < -0.4 is 26.6 Å². The zero-order valence-electron chi connectivity index (χ0n) is 26.0. The number of nitrogens with one attached hydrogen (secondary N) is 5. The summed E-state index contributed by atoms with van der Waals surface area (Å²) in [6.45, 7) is 15.8. The number of aliphatic hydroxyl groups excluding tert-OH is 1. The van der Waals surface area contributed by atoms with E-state index in [-0.39, 0.29) is 5.92 Å². The average Bonchev–Trinajstić information content (AvgIpc) is 2.85. The average molecular weight is 594 g/mol. The maximum atomic E-state index is 15.1. The van der Waals surface area contributed by atoms with E-state index in [4.69, 9.17) is 4.74 Å². The third kappa shape index (κ3) is 11.8. The van der Waals surface area contributed by atoms with Gasteiger partial charge in [-0.2, -0.15) is 8.78 Å². The summed E-state index contributed by atoms with van der Waals surface area (Å²) in [5, 5.41) is 21.9. The normalized spacial score (nSPS) is 16.5. The number of rotatable bonds is 14. The Morgan fingerprint density at radius 3 is 1.63 bits per heavy atom. The van der Waals surface area contributed by atoms with Crippen LogP contribution in [-0.4, -0.2) is 83.7 Å². The molecule has 6 atom stereocenters. The van der Waals surface area contributed by atoms with Crippen LogP contribution in [0.25, 0.3) is 0 Å². The largest absolute Gasteiger partial charge is 0.444 e. The highest BCUT2D eigenvalue weighted by Gasteiger charge is 2.51. The molecule has 0 saturated heterocycles. The number of carbonyl (C=O) groups excluding carboxylic acids is 5. The standard InChI is InChI=1S/C27H49F2N5O7/c1-12-15(6)19(21(36)30-11)32-23(38)17(13(2)3)33-24(39)27(28,29)20(35)16(7)31-22(37)18(14(4)5)34-25(40)41-26(8,9)10/h13-20,35H,12H2,1-11H3,(H,30,36)(H,31,37)(H,32,38)(H,33,39)(H,34,40)/t15-,16-,17-,18-,19-,20+/m0/s1. The number of hydrogen-bond acceptors (Lipinski definition) is 7. The van der Waals surface area contributed by atoms with Gasteiger partial charge in [-0.3, -0.25) is 19.2 Å².